The van der Waals surface area contributed by atoms with Crippen molar-refractivity contribution in [2.75, 3.05) is 5.32 Å². The maximum atomic E-state index is 11.0. The van der Waals surface area contributed by atoms with Gasteiger partial charge in [-0.15, -0.1) is 0 Å². The molecule has 0 spiro atoms. The molecule has 0 saturated carbocycles. The summed E-state index contributed by atoms with van der Waals surface area (Å²) in [5, 5.41) is 16.7. The molecular weight excluding hydrogens is 256 g/mol. The number of fused-ring (bicyclic) bond motifs is 1. The van der Waals surface area contributed by atoms with Crippen LogP contribution in [0.3, 0.4) is 0 Å². The second-order valence-corrected chi connectivity index (χ2v) is 5.39. The van der Waals surface area contributed by atoms with Crippen LogP contribution in [0.4, 0.5) is 5.82 Å². The van der Waals surface area contributed by atoms with E-state index < -0.39 is 11.9 Å². The van der Waals surface area contributed by atoms with Gasteiger partial charge in [-0.3, -0.25) is 4.79 Å². The van der Waals surface area contributed by atoms with Gasteiger partial charge in [-0.2, -0.15) is 5.10 Å². The summed E-state index contributed by atoms with van der Waals surface area (Å²) in [4.78, 5) is 15.3. The summed E-state index contributed by atoms with van der Waals surface area (Å²) in [6.07, 6.45) is 3.45. The number of rotatable bonds is 5. The average molecular weight is 276 g/mol. The molecule has 2 N–H and O–H groups in total. The van der Waals surface area contributed by atoms with E-state index in [1.165, 1.54) is 0 Å². The zero-order valence-electron chi connectivity index (χ0n) is 12.2. The molecule has 20 heavy (non-hydrogen) atoms. The molecule has 2 aromatic heterocycles. The van der Waals surface area contributed by atoms with Gasteiger partial charge < -0.3 is 10.4 Å². The lowest BCUT2D eigenvalue weighted by atomic mass is 10.0. The van der Waals surface area contributed by atoms with Crippen molar-refractivity contribution in [2.24, 2.45) is 5.92 Å². The number of anilines is 1. The highest BCUT2D eigenvalue weighted by atomic mass is 16.4. The van der Waals surface area contributed by atoms with Crippen LogP contribution in [-0.2, 0) is 4.79 Å². The summed E-state index contributed by atoms with van der Waals surface area (Å²) in [5.41, 5.74) is 1.85. The Morgan fingerprint density at radius 2 is 2.05 bits per heavy atom. The van der Waals surface area contributed by atoms with Gasteiger partial charge in [0.2, 0.25) is 0 Å². The molecule has 6 heteroatoms. The predicted molar refractivity (Wildman–Crippen MR) is 77.0 cm³/mol. The topological polar surface area (TPSA) is 79.5 Å². The van der Waals surface area contributed by atoms with E-state index in [0.29, 0.717) is 11.7 Å². The van der Waals surface area contributed by atoms with Crippen LogP contribution in [0.25, 0.3) is 5.52 Å². The quantitative estimate of drug-likeness (QED) is 0.876. The van der Waals surface area contributed by atoms with Crippen LogP contribution in [0.15, 0.2) is 18.5 Å². The van der Waals surface area contributed by atoms with E-state index >= 15 is 0 Å². The van der Waals surface area contributed by atoms with E-state index in [1.54, 1.807) is 23.8 Å². The van der Waals surface area contributed by atoms with Gasteiger partial charge >= 0.3 is 5.97 Å². The van der Waals surface area contributed by atoms with Gasteiger partial charge in [-0.1, -0.05) is 13.8 Å². The average Bonchev–Trinajstić information content (AvgIpc) is 2.82. The van der Waals surface area contributed by atoms with Gasteiger partial charge in [0.1, 0.15) is 5.52 Å². The highest BCUT2D eigenvalue weighted by Crippen LogP contribution is 2.21. The van der Waals surface area contributed by atoms with Crippen LogP contribution >= 0.6 is 0 Å². The monoisotopic (exact) mass is 276 g/mol. The maximum absolute atomic E-state index is 11.0. The van der Waals surface area contributed by atoms with Crippen molar-refractivity contribution < 1.29 is 9.90 Å². The van der Waals surface area contributed by atoms with E-state index in [2.05, 4.69) is 29.2 Å². The SMILES string of the molecule is CC(C)c1cc2c(NC(C)C(C)C(=O)O)nccn2n1. The molecule has 0 saturated heterocycles. The van der Waals surface area contributed by atoms with Crippen molar-refractivity contribution in [3.63, 3.8) is 0 Å². The third-order valence-electron chi connectivity index (χ3n) is 3.50. The van der Waals surface area contributed by atoms with Crippen LogP contribution in [-0.4, -0.2) is 31.7 Å². The van der Waals surface area contributed by atoms with Crippen LogP contribution < -0.4 is 5.32 Å². The Bertz CT molecular complexity index is 621. The lowest BCUT2D eigenvalue weighted by Gasteiger charge is -2.18. The fourth-order valence-electron chi connectivity index (χ4n) is 1.89. The minimum absolute atomic E-state index is 0.219. The van der Waals surface area contributed by atoms with Crippen molar-refractivity contribution in [1.82, 2.24) is 14.6 Å². The van der Waals surface area contributed by atoms with Crippen LogP contribution in [0.5, 0.6) is 0 Å². The number of hydrogen-bond acceptors (Lipinski definition) is 4. The van der Waals surface area contributed by atoms with Crippen molar-refractivity contribution >= 4 is 17.3 Å². The summed E-state index contributed by atoms with van der Waals surface area (Å²) in [7, 11) is 0. The summed E-state index contributed by atoms with van der Waals surface area (Å²) >= 11 is 0. The molecule has 0 amide bonds. The highest BCUT2D eigenvalue weighted by Gasteiger charge is 2.20. The predicted octanol–water partition coefficient (Wildman–Crippen LogP) is 2.37. The van der Waals surface area contributed by atoms with E-state index in [1.807, 2.05) is 13.0 Å². The molecule has 0 bridgehead atoms. The van der Waals surface area contributed by atoms with E-state index in [4.69, 9.17) is 5.11 Å². The first-order valence-electron chi connectivity index (χ1n) is 6.73. The molecular formula is C14H20N4O2. The summed E-state index contributed by atoms with van der Waals surface area (Å²) in [6.45, 7) is 7.68. The van der Waals surface area contributed by atoms with Crippen molar-refractivity contribution in [3.05, 3.63) is 24.2 Å². The molecule has 2 rings (SSSR count). The smallest absolute Gasteiger partial charge is 0.308 e. The van der Waals surface area contributed by atoms with Gasteiger partial charge in [-0.05, 0) is 25.8 Å². The number of nitrogens with one attached hydrogen (secondary N) is 1. The summed E-state index contributed by atoms with van der Waals surface area (Å²) < 4.78 is 1.77. The van der Waals surface area contributed by atoms with Gasteiger partial charge in [0.05, 0.1) is 11.6 Å². The zero-order chi connectivity index (χ0) is 14.9. The third kappa shape index (κ3) is 2.74. The first kappa shape index (κ1) is 14.3. The van der Waals surface area contributed by atoms with Gasteiger partial charge in [-0.25, -0.2) is 9.50 Å². The Morgan fingerprint density at radius 3 is 2.65 bits per heavy atom. The van der Waals surface area contributed by atoms with Gasteiger partial charge in [0, 0.05) is 18.4 Å². The number of hydrogen-bond donors (Lipinski definition) is 2. The Balaban J connectivity index is 2.32. The Kier molecular flexibility index (Phi) is 3.92. The number of carbonyl (C=O) groups is 1. The molecule has 0 aliphatic carbocycles. The summed E-state index contributed by atoms with van der Waals surface area (Å²) in [6, 6.07) is 1.77. The molecule has 6 nitrogen and oxygen atoms in total. The molecule has 2 atom stereocenters. The Hall–Kier alpha value is -2.11. The zero-order valence-corrected chi connectivity index (χ0v) is 12.2. The molecule has 0 radical (unpaired) electrons. The number of nitrogens with zero attached hydrogens (tertiary/aromatic N) is 3. The number of carboxylic acid groups (broad SMARTS) is 1. The third-order valence-corrected chi connectivity index (χ3v) is 3.50. The van der Waals surface area contributed by atoms with Gasteiger partial charge in [0.15, 0.2) is 5.82 Å². The normalized spacial score (nSPS) is 14.4. The van der Waals surface area contributed by atoms with E-state index in [-0.39, 0.29) is 6.04 Å². The van der Waals surface area contributed by atoms with E-state index in [0.717, 1.165) is 11.2 Å². The highest BCUT2D eigenvalue weighted by molar-refractivity contribution is 5.73. The van der Waals surface area contributed by atoms with Crippen molar-refractivity contribution in [3.8, 4) is 0 Å². The molecule has 0 aliphatic rings. The second kappa shape index (κ2) is 5.48. The molecule has 108 valence electrons. The minimum atomic E-state index is -0.826. The fraction of sp³-hybridized carbons (Fsp3) is 0.500. The van der Waals surface area contributed by atoms with Crippen molar-refractivity contribution in [1.29, 1.82) is 0 Å². The molecule has 2 unspecified atom stereocenters. The largest absolute Gasteiger partial charge is 0.481 e. The maximum Gasteiger partial charge on any atom is 0.308 e. The first-order chi connectivity index (χ1) is 9.40. The van der Waals surface area contributed by atoms with Gasteiger partial charge in [0.25, 0.3) is 0 Å². The van der Waals surface area contributed by atoms with Crippen LogP contribution in [0.2, 0.25) is 0 Å². The van der Waals surface area contributed by atoms with Crippen molar-refractivity contribution in [2.45, 2.75) is 39.7 Å². The Morgan fingerprint density at radius 1 is 1.35 bits per heavy atom. The molecule has 0 aliphatic heterocycles. The lowest BCUT2D eigenvalue weighted by Crippen LogP contribution is -2.30. The van der Waals surface area contributed by atoms with Crippen LogP contribution in [0.1, 0.15) is 39.3 Å². The van der Waals surface area contributed by atoms with E-state index in [9.17, 15) is 4.79 Å². The van der Waals surface area contributed by atoms with Crippen LogP contribution in [0, 0.1) is 5.92 Å². The molecule has 0 fully saturated rings. The standard InChI is InChI=1S/C14H20N4O2/c1-8(2)11-7-12-13(15-5-6-18(12)17-11)16-10(4)9(3)14(19)20/h5-10H,1-4H3,(H,15,16)(H,19,20). The fourth-order valence-corrected chi connectivity index (χ4v) is 1.89. The second-order valence-electron chi connectivity index (χ2n) is 5.39. The lowest BCUT2D eigenvalue weighted by molar-refractivity contribution is -0.141. The Labute approximate surface area is 117 Å². The summed E-state index contributed by atoms with van der Waals surface area (Å²) in [5.74, 6) is -0.330. The molecule has 0 aromatic carbocycles. The first-order valence-corrected chi connectivity index (χ1v) is 6.73. The molecule has 2 heterocycles. The minimum Gasteiger partial charge on any atom is -0.481 e. The number of aromatic nitrogens is 3. The number of carboxylic acids is 1. The number of aliphatic carboxylic acids is 1. The molecule has 2 aromatic rings.